The van der Waals surface area contributed by atoms with E-state index in [1.54, 1.807) is 23.9 Å². The van der Waals surface area contributed by atoms with Crippen molar-refractivity contribution in [3.05, 3.63) is 59.7 Å². The molecule has 184 valence electrons. The van der Waals surface area contributed by atoms with Crippen LogP contribution in [0.4, 0.5) is 0 Å². The summed E-state index contributed by atoms with van der Waals surface area (Å²) in [5.74, 6) is -0.131. The van der Waals surface area contributed by atoms with Crippen LogP contribution in [0.2, 0.25) is 0 Å². The molecule has 0 aliphatic carbocycles. The third kappa shape index (κ3) is 6.22. The highest BCUT2D eigenvalue weighted by Gasteiger charge is 2.32. The van der Waals surface area contributed by atoms with Crippen molar-refractivity contribution in [2.24, 2.45) is 5.92 Å². The first kappa shape index (κ1) is 25.2. The number of thioether (sulfide) groups is 1. The van der Waals surface area contributed by atoms with E-state index in [-0.39, 0.29) is 11.8 Å². The van der Waals surface area contributed by atoms with E-state index in [0.29, 0.717) is 37.4 Å². The van der Waals surface area contributed by atoms with Crippen LogP contribution in [0.5, 0.6) is 0 Å². The topological polar surface area (TPSA) is 69.7 Å². The van der Waals surface area contributed by atoms with Crippen molar-refractivity contribution in [3.8, 4) is 0 Å². The fraction of sp³-hybridized carbons (Fsp3) is 0.500. The molecule has 0 bridgehead atoms. The Morgan fingerprint density at radius 3 is 2.24 bits per heavy atom. The van der Waals surface area contributed by atoms with Gasteiger partial charge in [0.15, 0.2) is 0 Å². The standard InChI is InChI=1S/C26H35N3O3S2/c1-33-24-9-11-25(12-10-24)34(31,32)29-17-13-21(14-18-29)26(30)27-19-22-7-3-4-8-23(22)20-28-15-5-2-6-16-28/h3-4,7-12,21H,2,5-6,13-20H2,1H3,(H,27,30). The number of rotatable bonds is 8. The Bertz CT molecular complexity index is 1060. The second kappa shape index (κ2) is 11.7. The van der Waals surface area contributed by atoms with Crippen LogP contribution in [0, 0.1) is 5.92 Å². The van der Waals surface area contributed by atoms with Crippen molar-refractivity contribution >= 4 is 27.7 Å². The van der Waals surface area contributed by atoms with Crippen molar-refractivity contribution < 1.29 is 13.2 Å². The molecule has 2 heterocycles. The molecule has 2 aliphatic heterocycles. The number of amides is 1. The molecule has 0 radical (unpaired) electrons. The summed E-state index contributed by atoms with van der Waals surface area (Å²) in [6.07, 6.45) is 6.89. The fourth-order valence-corrected chi connectivity index (χ4v) is 6.70. The lowest BCUT2D eigenvalue weighted by atomic mass is 9.97. The van der Waals surface area contributed by atoms with Crippen LogP contribution in [-0.2, 0) is 27.9 Å². The summed E-state index contributed by atoms with van der Waals surface area (Å²) in [5, 5.41) is 3.12. The van der Waals surface area contributed by atoms with Crippen molar-refractivity contribution in [2.75, 3.05) is 32.4 Å². The van der Waals surface area contributed by atoms with Gasteiger partial charge in [0.1, 0.15) is 0 Å². The molecule has 0 spiro atoms. The number of nitrogens with zero attached hydrogens (tertiary/aromatic N) is 2. The zero-order valence-corrected chi connectivity index (χ0v) is 21.5. The quantitative estimate of drug-likeness (QED) is 0.552. The number of hydrogen-bond donors (Lipinski definition) is 1. The van der Waals surface area contributed by atoms with Gasteiger partial charge >= 0.3 is 0 Å². The minimum Gasteiger partial charge on any atom is -0.352 e. The second-order valence-electron chi connectivity index (χ2n) is 9.18. The van der Waals surface area contributed by atoms with Gasteiger partial charge < -0.3 is 5.32 Å². The molecule has 2 aliphatic rings. The van der Waals surface area contributed by atoms with Crippen LogP contribution < -0.4 is 5.32 Å². The molecule has 8 heteroatoms. The Morgan fingerprint density at radius 1 is 0.941 bits per heavy atom. The molecule has 1 N–H and O–H groups in total. The van der Waals surface area contributed by atoms with Gasteiger partial charge in [-0.3, -0.25) is 9.69 Å². The summed E-state index contributed by atoms with van der Waals surface area (Å²) < 4.78 is 27.5. The summed E-state index contributed by atoms with van der Waals surface area (Å²) >= 11 is 1.58. The molecule has 34 heavy (non-hydrogen) atoms. The number of carbonyl (C=O) groups excluding carboxylic acids is 1. The third-order valence-corrected chi connectivity index (χ3v) is 9.59. The number of likely N-dealkylation sites (tertiary alicyclic amines) is 1. The number of nitrogens with one attached hydrogen (secondary N) is 1. The van der Waals surface area contributed by atoms with E-state index < -0.39 is 10.0 Å². The van der Waals surface area contributed by atoms with E-state index in [4.69, 9.17) is 0 Å². The summed E-state index contributed by atoms with van der Waals surface area (Å²) in [7, 11) is -3.52. The Kier molecular flexibility index (Phi) is 8.69. The molecule has 0 atom stereocenters. The number of hydrogen-bond acceptors (Lipinski definition) is 5. The Balaban J connectivity index is 1.29. The van der Waals surface area contributed by atoms with Crippen LogP contribution in [0.25, 0.3) is 0 Å². The van der Waals surface area contributed by atoms with Crippen molar-refractivity contribution in [2.45, 2.75) is 55.0 Å². The highest BCUT2D eigenvalue weighted by Crippen LogP contribution is 2.26. The largest absolute Gasteiger partial charge is 0.352 e. The zero-order valence-electron chi connectivity index (χ0n) is 19.9. The number of sulfonamides is 1. The van der Waals surface area contributed by atoms with Gasteiger partial charge in [0, 0.05) is 37.0 Å². The van der Waals surface area contributed by atoms with Crippen LogP contribution in [0.1, 0.15) is 43.2 Å². The summed E-state index contributed by atoms with van der Waals surface area (Å²) in [6.45, 7) is 4.48. The molecule has 2 aromatic carbocycles. The highest BCUT2D eigenvalue weighted by atomic mass is 32.2. The van der Waals surface area contributed by atoms with Gasteiger partial charge in [-0.2, -0.15) is 4.31 Å². The smallest absolute Gasteiger partial charge is 0.243 e. The molecule has 0 saturated carbocycles. The Morgan fingerprint density at radius 2 is 1.59 bits per heavy atom. The molecule has 0 unspecified atom stereocenters. The molecule has 1 amide bonds. The first-order valence-electron chi connectivity index (χ1n) is 12.2. The van der Waals surface area contributed by atoms with E-state index >= 15 is 0 Å². The lowest BCUT2D eigenvalue weighted by Gasteiger charge is -2.30. The maximum absolute atomic E-state index is 13.0. The monoisotopic (exact) mass is 501 g/mol. The van der Waals surface area contributed by atoms with Gasteiger partial charge in [0.25, 0.3) is 0 Å². The SMILES string of the molecule is CSc1ccc(S(=O)(=O)N2CCC(C(=O)NCc3ccccc3CN3CCCCC3)CC2)cc1. The van der Waals surface area contributed by atoms with Crippen molar-refractivity contribution in [1.82, 2.24) is 14.5 Å². The molecule has 2 fully saturated rings. The van der Waals surface area contributed by atoms with Crippen molar-refractivity contribution in [3.63, 3.8) is 0 Å². The molecular formula is C26H35N3O3S2. The van der Waals surface area contributed by atoms with Crippen LogP contribution in [-0.4, -0.2) is 56.0 Å². The Hall–Kier alpha value is -1.87. The van der Waals surface area contributed by atoms with Crippen LogP contribution >= 0.6 is 11.8 Å². The number of benzene rings is 2. The van der Waals surface area contributed by atoms with Gasteiger partial charge in [-0.1, -0.05) is 30.7 Å². The molecule has 0 aromatic heterocycles. The van der Waals surface area contributed by atoms with Gasteiger partial charge in [-0.05, 0) is 80.4 Å². The van der Waals surface area contributed by atoms with E-state index in [1.165, 1.54) is 29.1 Å². The first-order chi connectivity index (χ1) is 16.5. The van der Waals surface area contributed by atoms with E-state index in [2.05, 4.69) is 28.4 Å². The fourth-order valence-electron chi connectivity index (χ4n) is 4.82. The maximum atomic E-state index is 13.0. The molecule has 6 nitrogen and oxygen atoms in total. The second-order valence-corrected chi connectivity index (χ2v) is 12.0. The van der Waals surface area contributed by atoms with Crippen molar-refractivity contribution in [1.29, 1.82) is 0 Å². The summed E-state index contributed by atoms with van der Waals surface area (Å²) in [5.41, 5.74) is 2.44. The predicted octanol–water partition coefficient (Wildman–Crippen LogP) is 4.11. The average molecular weight is 502 g/mol. The normalized spacial score (nSPS) is 18.6. The van der Waals surface area contributed by atoms with Crippen LogP contribution in [0.15, 0.2) is 58.3 Å². The minimum absolute atomic E-state index is 0.0224. The molecule has 2 aromatic rings. The lowest BCUT2D eigenvalue weighted by molar-refractivity contribution is -0.126. The number of piperidine rings is 2. The predicted molar refractivity (Wildman–Crippen MR) is 137 cm³/mol. The molecule has 4 rings (SSSR count). The van der Waals surface area contributed by atoms with Gasteiger partial charge in [-0.25, -0.2) is 8.42 Å². The third-order valence-electron chi connectivity index (χ3n) is 6.94. The zero-order chi connectivity index (χ0) is 24.0. The number of carbonyl (C=O) groups is 1. The molecule has 2 saturated heterocycles. The summed E-state index contributed by atoms with van der Waals surface area (Å²) in [4.78, 5) is 16.7. The van der Waals surface area contributed by atoms with Gasteiger partial charge in [-0.15, -0.1) is 11.8 Å². The first-order valence-corrected chi connectivity index (χ1v) is 14.8. The summed E-state index contributed by atoms with van der Waals surface area (Å²) in [6, 6.07) is 15.3. The lowest BCUT2D eigenvalue weighted by Crippen LogP contribution is -2.42. The van der Waals surface area contributed by atoms with Crippen LogP contribution in [0.3, 0.4) is 0 Å². The maximum Gasteiger partial charge on any atom is 0.243 e. The highest BCUT2D eigenvalue weighted by molar-refractivity contribution is 7.98. The van der Waals surface area contributed by atoms with E-state index in [9.17, 15) is 13.2 Å². The minimum atomic E-state index is -3.52. The van der Waals surface area contributed by atoms with Gasteiger partial charge in [0.2, 0.25) is 15.9 Å². The van der Waals surface area contributed by atoms with E-state index in [0.717, 1.165) is 30.1 Å². The van der Waals surface area contributed by atoms with E-state index in [1.807, 2.05) is 24.5 Å². The average Bonchev–Trinajstić information content (AvgIpc) is 2.88. The Labute approximate surface area is 208 Å². The van der Waals surface area contributed by atoms with Gasteiger partial charge in [0.05, 0.1) is 4.90 Å². The molecular weight excluding hydrogens is 466 g/mol.